The lowest BCUT2D eigenvalue weighted by Gasteiger charge is -2.14. The molecule has 0 aliphatic carbocycles. The summed E-state index contributed by atoms with van der Waals surface area (Å²) in [6.45, 7) is 3.92. The first-order valence-electron chi connectivity index (χ1n) is 10.1. The van der Waals surface area contributed by atoms with Crippen LogP contribution in [0.1, 0.15) is 12.8 Å². The predicted molar refractivity (Wildman–Crippen MR) is 114 cm³/mol. The van der Waals surface area contributed by atoms with Crippen LogP contribution < -0.4 is 10.3 Å². The Bertz CT molecular complexity index is 1210. The monoisotopic (exact) mass is 402 g/mol. The summed E-state index contributed by atoms with van der Waals surface area (Å²) in [6, 6.07) is 9.49. The summed E-state index contributed by atoms with van der Waals surface area (Å²) in [5.41, 5.74) is 3.82. The van der Waals surface area contributed by atoms with Crippen LogP contribution in [0, 0.1) is 0 Å². The molecule has 0 bridgehead atoms. The Labute approximate surface area is 173 Å². The molecule has 0 aromatic carbocycles. The van der Waals surface area contributed by atoms with E-state index in [1.807, 2.05) is 24.3 Å². The van der Waals surface area contributed by atoms with Crippen molar-refractivity contribution in [3.8, 4) is 28.4 Å². The molecule has 0 spiro atoms. The van der Waals surface area contributed by atoms with Gasteiger partial charge >= 0.3 is 0 Å². The van der Waals surface area contributed by atoms with E-state index in [1.165, 1.54) is 32.3 Å². The lowest BCUT2D eigenvalue weighted by atomic mass is 10.1. The minimum absolute atomic E-state index is 0.165. The maximum Gasteiger partial charge on any atom is 0.260 e. The van der Waals surface area contributed by atoms with Crippen LogP contribution in [0.5, 0.6) is 5.88 Å². The van der Waals surface area contributed by atoms with E-state index in [4.69, 9.17) is 4.74 Å². The Morgan fingerprint density at radius 1 is 1.03 bits per heavy atom. The van der Waals surface area contributed by atoms with Crippen molar-refractivity contribution in [3.63, 3.8) is 0 Å². The highest BCUT2D eigenvalue weighted by atomic mass is 16.5. The van der Waals surface area contributed by atoms with Crippen molar-refractivity contribution >= 4 is 11.0 Å². The van der Waals surface area contributed by atoms with E-state index >= 15 is 0 Å². The van der Waals surface area contributed by atoms with Crippen LogP contribution >= 0.6 is 0 Å². The van der Waals surface area contributed by atoms with Crippen molar-refractivity contribution in [1.29, 1.82) is 0 Å². The Morgan fingerprint density at radius 3 is 2.73 bits per heavy atom. The molecule has 4 aromatic rings. The third kappa shape index (κ3) is 3.81. The number of H-pyrrole nitrogens is 2. The van der Waals surface area contributed by atoms with Gasteiger partial charge in [0.05, 0.1) is 17.4 Å². The molecule has 8 heteroatoms. The number of nitrogens with one attached hydrogen (secondary N) is 2. The topological polar surface area (TPSA) is 99.8 Å². The molecule has 1 saturated heterocycles. The third-order valence-corrected chi connectivity index (χ3v) is 5.39. The summed E-state index contributed by atoms with van der Waals surface area (Å²) in [5.74, 6) is 0.620. The van der Waals surface area contributed by atoms with E-state index in [1.54, 1.807) is 18.5 Å². The largest absolute Gasteiger partial charge is 0.476 e. The summed E-state index contributed by atoms with van der Waals surface area (Å²) in [5, 5.41) is 0.531. The van der Waals surface area contributed by atoms with Crippen molar-refractivity contribution in [3.05, 3.63) is 59.4 Å². The van der Waals surface area contributed by atoms with Gasteiger partial charge in [-0.2, -0.15) is 0 Å². The molecule has 5 heterocycles. The maximum atomic E-state index is 11.9. The first-order valence-corrected chi connectivity index (χ1v) is 10.1. The summed E-state index contributed by atoms with van der Waals surface area (Å²) in [7, 11) is 0. The van der Waals surface area contributed by atoms with Gasteiger partial charge in [0.25, 0.3) is 5.56 Å². The zero-order valence-corrected chi connectivity index (χ0v) is 16.5. The first-order chi connectivity index (χ1) is 14.8. The second-order valence-corrected chi connectivity index (χ2v) is 7.39. The van der Waals surface area contributed by atoms with Gasteiger partial charge in [-0.3, -0.25) is 14.7 Å². The fourth-order valence-electron chi connectivity index (χ4n) is 3.77. The zero-order chi connectivity index (χ0) is 20.3. The molecule has 0 amide bonds. The molecule has 8 nitrogen and oxygen atoms in total. The second kappa shape index (κ2) is 8.08. The Kier molecular flexibility index (Phi) is 4.98. The summed E-state index contributed by atoms with van der Waals surface area (Å²) in [4.78, 5) is 33.2. The van der Waals surface area contributed by atoms with Crippen molar-refractivity contribution < 1.29 is 4.74 Å². The molecule has 1 fully saturated rings. The van der Waals surface area contributed by atoms with Crippen LogP contribution in [0.15, 0.2) is 53.8 Å². The molecule has 2 N–H and O–H groups in total. The number of ether oxygens (including phenoxy) is 1. The standard InChI is InChI=1S/C22H22N6O2/c29-22-17-12-19(27-21(17)25-14-26-22)15-5-6-23-18(11-15)16-3-4-20(24-13-16)30-10-9-28-7-1-2-8-28/h3-6,11-14H,1-2,7-10H2,(H2,25,26,27,29). The van der Waals surface area contributed by atoms with E-state index in [0.717, 1.165) is 29.1 Å². The molecular weight excluding hydrogens is 380 g/mol. The SMILES string of the molecule is O=c1[nH]cnc2[nH]c(-c3ccnc(-c4ccc(OCCN5CCCC5)nc4)c3)cc12. The molecule has 5 rings (SSSR count). The number of aromatic amines is 2. The van der Waals surface area contributed by atoms with Gasteiger partial charge in [-0.15, -0.1) is 0 Å². The molecule has 1 aliphatic heterocycles. The van der Waals surface area contributed by atoms with Crippen LogP contribution in [0.25, 0.3) is 33.5 Å². The van der Waals surface area contributed by atoms with Gasteiger partial charge in [0.15, 0.2) is 0 Å². The van der Waals surface area contributed by atoms with Gasteiger partial charge in [0.2, 0.25) is 5.88 Å². The molecule has 0 radical (unpaired) electrons. The fraction of sp³-hybridized carbons (Fsp3) is 0.273. The third-order valence-electron chi connectivity index (χ3n) is 5.39. The van der Waals surface area contributed by atoms with Gasteiger partial charge in [0.1, 0.15) is 12.3 Å². The van der Waals surface area contributed by atoms with E-state index in [-0.39, 0.29) is 5.56 Å². The van der Waals surface area contributed by atoms with E-state index in [2.05, 4.69) is 29.8 Å². The van der Waals surface area contributed by atoms with Crippen LogP contribution in [-0.2, 0) is 0 Å². The number of likely N-dealkylation sites (tertiary alicyclic amines) is 1. The quantitative estimate of drug-likeness (QED) is 0.514. The Balaban J connectivity index is 1.32. The molecule has 30 heavy (non-hydrogen) atoms. The molecule has 152 valence electrons. The van der Waals surface area contributed by atoms with Gasteiger partial charge in [0, 0.05) is 41.8 Å². The number of rotatable bonds is 6. The highest BCUT2D eigenvalue weighted by molar-refractivity contribution is 5.82. The summed E-state index contributed by atoms with van der Waals surface area (Å²) < 4.78 is 5.78. The van der Waals surface area contributed by atoms with Crippen LogP contribution in [-0.4, -0.2) is 56.1 Å². The molecule has 0 unspecified atom stereocenters. The minimum atomic E-state index is -0.165. The second-order valence-electron chi connectivity index (χ2n) is 7.39. The Hall–Kier alpha value is -3.52. The van der Waals surface area contributed by atoms with Gasteiger partial charge in [-0.1, -0.05) is 0 Å². The predicted octanol–water partition coefficient (Wildman–Crippen LogP) is 2.85. The molecule has 1 aliphatic rings. The van der Waals surface area contributed by atoms with Crippen molar-refractivity contribution in [1.82, 2.24) is 29.8 Å². The summed E-state index contributed by atoms with van der Waals surface area (Å²) in [6.07, 6.45) is 7.47. The van der Waals surface area contributed by atoms with Crippen molar-refractivity contribution in [2.75, 3.05) is 26.2 Å². The van der Waals surface area contributed by atoms with E-state index in [9.17, 15) is 4.79 Å². The lowest BCUT2D eigenvalue weighted by Crippen LogP contribution is -2.25. The molecule has 4 aromatic heterocycles. The van der Waals surface area contributed by atoms with Gasteiger partial charge < -0.3 is 14.7 Å². The van der Waals surface area contributed by atoms with Crippen LogP contribution in [0.4, 0.5) is 0 Å². The molecule has 0 saturated carbocycles. The van der Waals surface area contributed by atoms with Crippen LogP contribution in [0.3, 0.4) is 0 Å². The summed E-state index contributed by atoms with van der Waals surface area (Å²) >= 11 is 0. The zero-order valence-electron chi connectivity index (χ0n) is 16.5. The molecule has 0 atom stereocenters. The van der Waals surface area contributed by atoms with Gasteiger partial charge in [-0.25, -0.2) is 9.97 Å². The normalized spacial score (nSPS) is 14.4. The number of fused-ring (bicyclic) bond motifs is 1. The minimum Gasteiger partial charge on any atom is -0.476 e. The first kappa shape index (κ1) is 18.5. The lowest BCUT2D eigenvalue weighted by molar-refractivity contribution is 0.232. The number of hydrogen-bond acceptors (Lipinski definition) is 6. The number of aromatic nitrogens is 5. The number of hydrogen-bond donors (Lipinski definition) is 2. The van der Waals surface area contributed by atoms with E-state index in [0.29, 0.717) is 23.5 Å². The van der Waals surface area contributed by atoms with Gasteiger partial charge in [-0.05, 0) is 50.2 Å². The van der Waals surface area contributed by atoms with E-state index < -0.39 is 0 Å². The van der Waals surface area contributed by atoms with Crippen LogP contribution in [0.2, 0.25) is 0 Å². The average molecular weight is 402 g/mol. The fourth-order valence-corrected chi connectivity index (χ4v) is 3.77. The number of pyridine rings is 2. The average Bonchev–Trinajstić information content (AvgIpc) is 3.45. The Morgan fingerprint density at radius 2 is 1.93 bits per heavy atom. The maximum absolute atomic E-state index is 11.9. The highest BCUT2D eigenvalue weighted by Crippen LogP contribution is 2.26. The highest BCUT2D eigenvalue weighted by Gasteiger charge is 2.11. The van der Waals surface area contributed by atoms with Crippen molar-refractivity contribution in [2.45, 2.75) is 12.8 Å². The smallest absolute Gasteiger partial charge is 0.260 e. The number of nitrogens with zero attached hydrogens (tertiary/aromatic N) is 4. The molecular formula is C22H22N6O2. The van der Waals surface area contributed by atoms with Crippen molar-refractivity contribution in [2.24, 2.45) is 0 Å².